The highest BCUT2D eigenvalue weighted by atomic mass is 16.5. The van der Waals surface area contributed by atoms with E-state index in [0.717, 1.165) is 38.8 Å². The minimum absolute atomic E-state index is 0.608. The number of nitrogens with one attached hydrogen (secondary N) is 1. The van der Waals surface area contributed by atoms with Gasteiger partial charge >= 0.3 is 0 Å². The Morgan fingerprint density at radius 1 is 1.33 bits per heavy atom. The predicted octanol–water partition coefficient (Wildman–Crippen LogP) is 0.848. The smallest absolute Gasteiger partial charge is 0.0869 e. The van der Waals surface area contributed by atoms with Crippen molar-refractivity contribution in [2.24, 2.45) is 5.92 Å². The number of hydrogen-bond acceptors (Lipinski definition) is 4. The molecule has 0 radical (unpaired) electrons. The highest BCUT2D eigenvalue weighted by Gasteiger charge is 2.28. The van der Waals surface area contributed by atoms with E-state index in [-0.39, 0.29) is 0 Å². The van der Waals surface area contributed by atoms with Crippen molar-refractivity contribution in [3.05, 3.63) is 0 Å². The average molecular weight is 256 g/mol. The second-order valence-corrected chi connectivity index (χ2v) is 6.38. The summed E-state index contributed by atoms with van der Waals surface area (Å²) in [5, 5.41) is 14.0. The van der Waals surface area contributed by atoms with Gasteiger partial charge in [0.25, 0.3) is 0 Å². The third kappa shape index (κ3) is 4.50. The van der Waals surface area contributed by atoms with E-state index in [2.05, 4.69) is 17.1 Å². The molecule has 1 aliphatic heterocycles. The van der Waals surface area contributed by atoms with E-state index in [1.807, 2.05) is 6.92 Å². The lowest BCUT2D eigenvalue weighted by molar-refractivity contribution is -0.0228. The molecular formula is C14H28N2O2. The molecule has 0 aromatic heterocycles. The molecule has 0 aromatic rings. The molecule has 0 amide bonds. The van der Waals surface area contributed by atoms with Crippen LogP contribution in [-0.4, -0.2) is 61.0 Å². The van der Waals surface area contributed by atoms with Gasteiger partial charge in [-0.05, 0) is 32.1 Å². The van der Waals surface area contributed by atoms with Crippen molar-refractivity contribution in [3.8, 4) is 0 Å². The van der Waals surface area contributed by atoms with Crippen LogP contribution in [0, 0.1) is 5.92 Å². The number of morpholine rings is 1. The van der Waals surface area contributed by atoms with Gasteiger partial charge in [-0.25, -0.2) is 0 Å². The highest BCUT2D eigenvalue weighted by molar-refractivity contribution is 4.85. The summed E-state index contributed by atoms with van der Waals surface area (Å²) < 4.78 is 5.33. The fraction of sp³-hybridized carbons (Fsp3) is 1.00. The summed E-state index contributed by atoms with van der Waals surface area (Å²) in [6.07, 6.45) is 3.84. The monoisotopic (exact) mass is 256 g/mol. The maximum atomic E-state index is 10.4. The maximum absolute atomic E-state index is 10.4. The molecule has 0 bridgehead atoms. The molecule has 1 heterocycles. The van der Waals surface area contributed by atoms with Crippen molar-refractivity contribution in [2.45, 2.75) is 44.8 Å². The van der Waals surface area contributed by atoms with Gasteiger partial charge in [0.05, 0.1) is 18.8 Å². The highest BCUT2D eigenvalue weighted by Crippen LogP contribution is 2.24. The molecule has 1 aliphatic carbocycles. The van der Waals surface area contributed by atoms with Crippen molar-refractivity contribution in [1.82, 2.24) is 10.2 Å². The minimum atomic E-state index is -0.636. The fourth-order valence-electron chi connectivity index (χ4n) is 3.05. The molecule has 0 spiro atoms. The summed E-state index contributed by atoms with van der Waals surface area (Å²) in [4.78, 5) is 2.29. The van der Waals surface area contributed by atoms with Gasteiger partial charge in [0.2, 0.25) is 0 Å². The zero-order valence-corrected chi connectivity index (χ0v) is 11.8. The van der Waals surface area contributed by atoms with Crippen LogP contribution < -0.4 is 5.32 Å². The van der Waals surface area contributed by atoms with Crippen molar-refractivity contribution in [2.75, 3.05) is 39.4 Å². The number of nitrogens with zero attached hydrogens (tertiary/aromatic N) is 1. The molecule has 2 aliphatic rings. The first-order valence-electron chi connectivity index (χ1n) is 7.31. The standard InChI is InChI=1S/C14H28N2O2/c1-12-3-4-13(9-12)15-10-14(2,17)11-16-5-7-18-8-6-16/h12-13,15,17H,3-11H2,1-2H3. The van der Waals surface area contributed by atoms with Crippen LogP contribution in [0.3, 0.4) is 0 Å². The van der Waals surface area contributed by atoms with Crippen LogP contribution in [0.15, 0.2) is 0 Å². The minimum Gasteiger partial charge on any atom is -0.388 e. The normalized spacial score (nSPS) is 33.5. The Kier molecular flexibility index (Phi) is 5.01. The van der Waals surface area contributed by atoms with Gasteiger partial charge in [0, 0.05) is 32.2 Å². The third-order valence-corrected chi connectivity index (χ3v) is 4.13. The van der Waals surface area contributed by atoms with E-state index in [4.69, 9.17) is 4.74 Å². The second kappa shape index (κ2) is 6.33. The van der Waals surface area contributed by atoms with E-state index in [1.54, 1.807) is 0 Å². The molecule has 2 N–H and O–H groups in total. The zero-order chi connectivity index (χ0) is 13.0. The molecule has 18 heavy (non-hydrogen) atoms. The van der Waals surface area contributed by atoms with Gasteiger partial charge < -0.3 is 15.2 Å². The molecule has 2 rings (SSSR count). The number of hydrogen-bond donors (Lipinski definition) is 2. The lowest BCUT2D eigenvalue weighted by atomic mass is 10.0. The van der Waals surface area contributed by atoms with E-state index >= 15 is 0 Å². The Balaban J connectivity index is 1.69. The van der Waals surface area contributed by atoms with Gasteiger partial charge in [-0.2, -0.15) is 0 Å². The molecule has 0 aromatic carbocycles. The van der Waals surface area contributed by atoms with Crippen molar-refractivity contribution in [3.63, 3.8) is 0 Å². The van der Waals surface area contributed by atoms with Crippen molar-refractivity contribution < 1.29 is 9.84 Å². The topological polar surface area (TPSA) is 44.7 Å². The number of aliphatic hydroxyl groups is 1. The van der Waals surface area contributed by atoms with Gasteiger partial charge in [0.15, 0.2) is 0 Å². The molecule has 3 atom stereocenters. The molecule has 106 valence electrons. The van der Waals surface area contributed by atoms with Crippen LogP contribution in [0.1, 0.15) is 33.1 Å². The lowest BCUT2D eigenvalue weighted by Gasteiger charge is -2.34. The second-order valence-electron chi connectivity index (χ2n) is 6.38. The average Bonchev–Trinajstić information content (AvgIpc) is 2.74. The Morgan fingerprint density at radius 2 is 2.06 bits per heavy atom. The van der Waals surface area contributed by atoms with Gasteiger partial charge in [0.1, 0.15) is 0 Å². The maximum Gasteiger partial charge on any atom is 0.0869 e. The first-order chi connectivity index (χ1) is 8.55. The largest absolute Gasteiger partial charge is 0.388 e. The summed E-state index contributed by atoms with van der Waals surface area (Å²) >= 11 is 0. The number of β-amino-alcohol motifs (C(OH)–C–C–N with tert-alkyl or cyclic N) is 1. The van der Waals surface area contributed by atoms with E-state index in [0.29, 0.717) is 12.6 Å². The molecule has 1 saturated carbocycles. The zero-order valence-electron chi connectivity index (χ0n) is 11.8. The first-order valence-corrected chi connectivity index (χ1v) is 7.31. The Hall–Kier alpha value is -0.160. The van der Waals surface area contributed by atoms with Crippen LogP contribution in [0.4, 0.5) is 0 Å². The van der Waals surface area contributed by atoms with E-state index in [9.17, 15) is 5.11 Å². The lowest BCUT2D eigenvalue weighted by Crippen LogP contribution is -2.51. The molecular weight excluding hydrogens is 228 g/mol. The third-order valence-electron chi connectivity index (χ3n) is 4.13. The fourth-order valence-corrected chi connectivity index (χ4v) is 3.05. The van der Waals surface area contributed by atoms with Crippen molar-refractivity contribution >= 4 is 0 Å². The Morgan fingerprint density at radius 3 is 2.67 bits per heavy atom. The van der Waals surface area contributed by atoms with Gasteiger partial charge in [-0.1, -0.05) is 6.92 Å². The molecule has 3 unspecified atom stereocenters. The van der Waals surface area contributed by atoms with E-state index < -0.39 is 5.60 Å². The molecule has 2 fully saturated rings. The van der Waals surface area contributed by atoms with Crippen LogP contribution in [0.2, 0.25) is 0 Å². The van der Waals surface area contributed by atoms with Crippen LogP contribution in [0.25, 0.3) is 0 Å². The van der Waals surface area contributed by atoms with E-state index in [1.165, 1.54) is 19.3 Å². The van der Waals surface area contributed by atoms with Crippen LogP contribution in [-0.2, 0) is 4.74 Å². The van der Waals surface area contributed by atoms with Crippen LogP contribution in [0.5, 0.6) is 0 Å². The summed E-state index contributed by atoms with van der Waals surface area (Å²) in [7, 11) is 0. The van der Waals surface area contributed by atoms with Gasteiger partial charge in [-0.3, -0.25) is 4.90 Å². The Bertz CT molecular complexity index is 252. The number of rotatable bonds is 5. The first kappa shape index (κ1) is 14.3. The Labute approximate surface area is 111 Å². The quantitative estimate of drug-likeness (QED) is 0.765. The molecule has 4 heteroatoms. The van der Waals surface area contributed by atoms with Crippen LogP contribution >= 0.6 is 0 Å². The molecule has 4 nitrogen and oxygen atoms in total. The summed E-state index contributed by atoms with van der Waals surface area (Å²) in [6, 6.07) is 0.608. The van der Waals surface area contributed by atoms with Gasteiger partial charge in [-0.15, -0.1) is 0 Å². The summed E-state index contributed by atoms with van der Waals surface area (Å²) in [6.45, 7) is 9.16. The number of ether oxygens (including phenoxy) is 1. The molecule has 1 saturated heterocycles. The summed E-state index contributed by atoms with van der Waals surface area (Å²) in [5.41, 5.74) is -0.636. The summed E-state index contributed by atoms with van der Waals surface area (Å²) in [5.74, 6) is 0.840. The predicted molar refractivity (Wildman–Crippen MR) is 72.7 cm³/mol. The van der Waals surface area contributed by atoms with Crippen molar-refractivity contribution in [1.29, 1.82) is 0 Å². The SMILES string of the molecule is CC1CCC(NCC(C)(O)CN2CCOCC2)C1.